The molecular formula is C17H35N. The van der Waals surface area contributed by atoms with Crippen molar-refractivity contribution in [1.82, 2.24) is 4.90 Å². The SMILES string of the molecule is CCCCCCC1CCCN(CCCCCC)C1. The largest absolute Gasteiger partial charge is 0.303 e. The minimum atomic E-state index is 1.02. The van der Waals surface area contributed by atoms with Gasteiger partial charge in [0, 0.05) is 6.54 Å². The number of rotatable bonds is 10. The van der Waals surface area contributed by atoms with Crippen molar-refractivity contribution in [3.8, 4) is 0 Å². The van der Waals surface area contributed by atoms with E-state index in [0.717, 1.165) is 5.92 Å². The quantitative estimate of drug-likeness (QED) is 0.481. The highest BCUT2D eigenvalue weighted by Crippen LogP contribution is 2.22. The molecule has 0 saturated carbocycles. The third-order valence-corrected chi connectivity index (χ3v) is 4.40. The van der Waals surface area contributed by atoms with Crippen LogP contribution in [0.3, 0.4) is 0 Å². The second kappa shape index (κ2) is 10.8. The van der Waals surface area contributed by atoms with Crippen molar-refractivity contribution < 1.29 is 0 Å². The van der Waals surface area contributed by atoms with Gasteiger partial charge in [-0.1, -0.05) is 58.8 Å². The second-order valence-corrected chi connectivity index (χ2v) is 6.22. The molecule has 0 aliphatic carbocycles. The molecule has 0 aromatic rings. The monoisotopic (exact) mass is 253 g/mol. The van der Waals surface area contributed by atoms with E-state index in [1.807, 2.05) is 0 Å². The molecule has 0 radical (unpaired) electrons. The maximum absolute atomic E-state index is 2.74. The van der Waals surface area contributed by atoms with E-state index in [1.54, 1.807) is 0 Å². The van der Waals surface area contributed by atoms with Crippen LogP contribution in [-0.4, -0.2) is 24.5 Å². The van der Waals surface area contributed by atoms with Gasteiger partial charge < -0.3 is 4.90 Å². The zero-order valence-electron chi connectivity index (χ0n) is 12.9. The molecule has 1 atom stereocenters. The fraction of sp³-hybridized carbons (Fsp3) is 1.00. The van der Waals surface area contributed by atoms with Gasteiger partial charge in [0.25, 0.3) is 0 Å². The van der Waals surface area contributed by atoms with E-state index in [-0.39, 0.29) is 0 Å². The molecule has 1 fully saturated rings. The fourth-order valence-corrected chi connectivity index (χ4v) is 3.21. The van der Waals surface area contributed by atoms with Crippen molar-refractivity contribution in [2.24, 2.45) is 5.92 Å². The standard InChI is InChI=1S/C17H35N/c1-3-5-7-9-12-17-13-11-15-18(16-17)14-10-8-6-4-2/h17H,3-16H2,1-2H3. The summed E-state index contributed by atoms with van der Waals surface area (Å²) in [6, 6.07) is 0. The van der Waals surface area contributed by atoms with Crippen LogP contribution in [0.25, 0.3) is 0 Å². The Kier molecular flexibility index (Phi) is 9.65. The van der Waals surface area contributed by atoms with Crippen molar-refractivity contribution in [3.05, 3.63) is 0 Å². The van der Waals surface area contributed by atoms with E-state index >= 15 is 0 Å². The van der Waals surface area contributed by atoms with Crippen LogP contribution in [0.4, 0.5) is 0 Å². The molecule has 18 heavy (non-hydrogen) atoms. The first-order valence-electron chi connectivity index (χ1n) is 8.59. The maximum Gasteiger partial charge on any atom is 0.000966 e. The molecule has 0 N–H and O–H groups in total. The number of piperidine rings is 1. The van der Waals surface area contributed by atoms with Gasteiger partial charge >= 0.3 is 0 Å². The Balaban J connectivity index is 2.04. The summed E-state index contributed by atoms with van der Waals surface area (Å²) in [5, 5.41) is 0. The average Bonchev–Trinajstić information content (AvgIpc) is 2.40. The van der Waals surface area contributed by atoms with Gasteiger partial charge in [-0.25, -0.2) is 0 Å². The van der Waals surface area contributed by atoms with Crippen LogP contribution in [-0.2, 0) is 0 Å². The fourth-order valence-electron chi connectivity index (χ4n) is 3.21. The molecule has 0 amide bonds. The van der Waals surface area contributed by atoms with E-state index in [4.69, 9.17) is 0 Å². The molecule has 1 saturated heterocycles. The summed E-state index contributed by atoms with van der Waals surface area (Å²) >= 11 is 0. The third-order valence-electron chi connectivity index (χ3n) is 4.40. The summed E-state index contributed by atoms with van der Waals surface area (Å²) in [6.07, 6.45) is 15.8. The lowest BCUT2D eigenvalue weighted by Crippen LogP contribution is -2.36. The minimum Gasteiger partial charge on any atom is -0.303 e. The van der Waals surface area contributed by atoms with Crippen molar-refractivity contribution >= 4 is 0 Å². The van der Waals surface area contributed by atoms with E-state index in [0.29, 0.717) is 0 Å². The molecule has 1 heterocycles. The van der Waals surface area contributed by atoms with Gasteiger partial charge in [-0.05, 0) is 44.7 Å². The predicted molar refractivity (Wildman–Crippen MR) is 82.1 cm³/mol. The van der Waals surface area contributed by atoms with Crippen molar-refractivity contribution in [3.63, 3.8) is 0 Å². The highest BCUT2D eigenvalue weighted by atomic mass is 15.1. The highest BCUT2D eigenvalue weighted by molar-refractivity contribution is 4.73. The summed E-state index contributed by atoms with van der Waals surface area (Å²) in [5.74, 6) is 1.02. The first kappa shape index (κ1) is 16.0. The summed E-state index contributed by atoms with van der Waals surface area (Å²) in [7, 11) is 0. The Hall–Kier alpha value is -0.0400. The molecule has 0 aromatic heterocycles. The zero-order chi connectivity index (χ0) is 13.1. The number of hydrogen-bond donors (Lipinski definition) is 0. The predicted octanol–water partition coefficient (Wildman–Crippen LogP) is 5.25. The lowest BCUT2D eigenvalue weighted by molar-refractivity contribution is 0.164. The van der Waals surface area contributed by atoms with Gasteiger partial charge in [0.05, 0.1) is 0 Å². The third kappa shape index (κ3) is 7.41. The van der Waals surface area contributed by atoms with Crippen molar-refractivity contribution in [1.29, 1.82) is 0 Å². The van der Waals surface area contributed by atoms with Gasteiger partial charge in [-0.3, -0.25) is 0 Å². The van der Waals surface area contributed by atoms with Crippen LogP contribution >= 0.6 is 0 Å². The lowest BCUT2D eigenvalue weighted by atomic mass is 9.92. The Morgan fingerprint density at radius 3 is 2.33 bits per heavy atom. The first-order valence-corrected chi connectivity index (χ1v) is 8.59. The van der Waals surface area contributed by atoms with E-state index in [9.17, 15) is 0 Å². The van der Waals surface area contributed by atoms with Crippen LogP contribution in [0.2, 0.25) is 0 Å². The molecule has 0 bridgehead atoms. The van der Waals surface area contributed by atoms with Crippen LogP contribution in [0.5, 0.6) is 0 Å². The summed E-state index contributed by atoms with van der Waals surface area (Å²) in [6.45, 7) is 8.74. The number of unbranched alkanes of at least 4 members (excludes halogenated alkanes) is 6. The summed E-state index contributed by atoms with van der Waals surface area (Å²) in [4.78, 5) is 2.74. The molecule has 1 unspecified atom stereocenters. The second-order valence-electron chi connectivity index (χ2n) is 6.22. The smallest absolute Gasteiger partial charge is 0.000966 e. The molecular weight excluding hydrogens is 218 g/mol. The van der Waals surface area contributed by atoms with Gasteiger partial charge in [0.15, 0.2) is 0 Å². The normalized spacial score (nSPS) is 21.3. The highest BCUT2D eigenvalue weighted by Gasteiger charge is 2.18. The van der Waals surface area contributed by atoms with Crippen LogP contribution in [0.15, 0.2) is 0 Å². The molecule has 1 aliphatic heterocycles. The van der Waals surface area contributed by atoms with Crippen LogP contribution in [0.1, 0.15) is 84.5 Å². The molecule has 1 rings (SSSR count). The molecule has 1 heteroatoms. The Morgan fingerprint density at radius 1 is 0.889 bits per heavy atom. The van der Waals surface area contributed by atoms with Gasteiger partial charge in [0.2, 0.25) is 0 Å². The zero-order valence-corrected chi connectivity index (χ0v) is 12.9. The molecule has 108 valence electrons. The van der Waals surface area contributed by atoms with Gasteiger partial charge in [0.1, 0.15) is 0 Å². The van der Waals surface area contributed by atoms with Crippen LogP contribution in [0, 0.1) is 5.92 Å². The van der Waals surface area contributed by atoms with Crippen LogP contribution < -0.4 is 0 Å². The first-order chi connectivity index (χ1) is 8.86. The minimum absolute atomic E-state index is 1.02. The Morgan fingerprint density at radius 2 is 1.61 bits per heavy atom. The number of nitrogens with zero attached hydrogens (tertiary/aromatic N) is 1. The Labute approximate surface area is 115 Å². The topological polar surface area (TPSA) is 3.24 Å². The van der Waals surface area contributed by atoms with Crippen molar-refractivity contribution in [2.45, 2.75) is 84.5 Å². The number of likely N-dealkylation sites (tertiary alicyclic amines) is 1. The molecule has 0 aromatic carbocycles. The molecule has 1 aliphatic rings. The maximum atomic E-state index is 2.74. The van der Waals surface area contributed by atoms with Gasteiger partial charge in [-0.2, -0.15) is 0 Å². The van der Waals surface area contributed by atoms with E-state index in [1.165, 1.54) is 90.3 Å². The van der Waals surface area contributed by atoms with Crippen molar-refractivity contribution in [2.75, 3.05) is 19.6 Å². The molecule has 1 nitrogen and oxygen atoms in total. The molecule has 0 spiro atoms. The number of hydrogen-bond acceptors (Lipinski definition) is 1. The average molecular weight is 253 g/mol. The summed E-state index contributed by atoms with van der Waals surface area (Å²) in [5.41, 5.74) is 0. The van der Waals surface area contributed by atoms with E-state index in [2.05, 4.69) is 18.7 Å². The summed E-state index contributed by atoms with van der Waals surface area (Å²) < 4.78 is 0. The Bertz CT molecular complexity index is 160. The van der Waals surface area contributed by atoms with Gasteiger partial charge in [-0.15, -0.1) is 0 Å². The van der Waals surface area contributed by atoms with E-state index < -0.39 is 0 Å². The lowest BCUT2D eigenvalue weighted by Gasteiger charge is -2.32.